The number of carbonyl (C=O) groups is 1. The van der Waals surface area contributed by atoms with Gasteiger partial charge >= 0.3 is 0 Å². The average Bonchev–Trinajstić information content (AvgIpc) is 2.58. The minimum Gasteiger partial charge on any atom is -0.293 e. The topological polar surface area (TPSA) is 47.3 Å². The molecule has 0 saturated heterocycles. The molecule has 2 rings (SSSR count). The quantitative estimate of drug-likeness (QED) is 0.688. The Kier molecular flexibility index (Phi) is 2.30. The van der Waals surface area contributed by atoms with Gasteiger partial charge in [-0.25, -0.2) is 9.50 Å². The van der Waals surface area contributed by atoms with E-state index in [4.69, 9.17) is 0 Å². The molecule has 0 aliphatic rings. The van der Waals surface area contributed by atoms with Gasteiger partial charge in [0.05, 0.1) is 0 Å². The Morgan fingerprint density at radius 2 is 2.06 bits per heavy atom. The first-order valence-electron chi connectivity index (χ1n) is 5.25. The minimum absolute atomic E-state index is 0.0313. The molecule has 0 unspecified atom stereocenters. The van der Waals surface area contributed by atoms with Crippen LogP contribution in [0.3, 0.4) is 0 Å². The molecule has 2 aromatic rings. The summed E-state index contributed by atoms with van der Waals surface area (Å²) in [5, 5.41) is 4.19. The normalized spacial score (nSPS) is 12.0. The number of nitrogens with zero attached hydrogens (tertiary/aromatic N) is 3. The molecule has 0 fully saturated rings. The number of fused-ring (bicyclic) bond motifs is 1. The highest BCUT2D eigenvalue weighted by Crippen LogP contribution is 2.21. The first-order chi connectivity index (χ1) is 7.38. The molecular formula is C12H15N3O. The van der Waals surface area contributed by atoms with Crippen LogP contribution in [0.1, 0.15) is 43.7 Å². The standard InChI is InChI=1S/C12H15N3O/c1-8(16)10-5-11-13-6-9(12(2,3)4)7-15(11)14-10/h5-7H,1-4H3. The van der Waals surface area contributed by atoms with E-state index < -0.39 is 0 Å². The highest BCUT2D eigenvalue weighted by atomic mass is 16.1. The predicted molar refractivity (Wildman–Crippen MR) is 61.7 cm³/mol. The van der Waals surface area contributed by atoms with E-state index in [1.807, 2.05) is 12.4 Å². The van der Waals surface area contributed by atoms with Crippen LogP contribution in [0.2, 0.25) is 0 Å². The highest BCUT2D eigenvalue weighted by molar-refractivity contribution is 5.93. The van der Waals surface area contributed by atoms with Gasteiger partial charge in [0.1, 0.15) is 5.69 Å². The number of hydrogen-bond acceptors (Lipinski definition) is 3. The molecule has 0 aliphatic heterocycles. The van der Waals surface area contributed by atoms with Crippen molar-refractivity contribution in [2.75, 3.05) is 0 Å². The summed E-state index contributed by atoms with van der Waals surface area (Å²) in [6.45, 7) is 7.86. The van der Waals surface area contributed by atoms with Crippen molar-refractivity contribution in [2.24, 2.45) is 0 Å². The Bertz CT molecular complexity index is 549. The molecule has 0 N–H and O–H groups in total. The van der Waals surface area contributed by atoms with E-state index in [0.717, 1.165) is 5.56 Å². The van der Waals surface area contributed by atoms with Crippen molar-refractivity contribution in [2.45, 2.75) is 33.1 Å². The maximum atomic E-state index is 11.2. The molecule has 2 aromatic heterocycles. The molecule has 0 spiro atoms. The number of ketones is 1. The van der Waals surface area contributed by atoms with E-state index in [9.17, 15) is 4.79 Å². The van der Waals surface area contributed by atoms with Crippen molar-refractivity contribution in [1.82, 2.24) is 14.6 Å². The average molecular weight is 217 g/mol. The number of Topliss-reactive ketones (excluding diaryl/α,β-unsaturated/α-hetero) is 1. The third-order valence-electron chi connectivity index (χ3n) is 2.54. The van der Waals surface area contributed by atoms with Crippen molar-refractivity contribution >= 4 is 11.4 Å². The second-order valence-corrected chi connectivity index (χ2v) is 4.98. The summed E-state index contributed by atoms with van der Waals surface area (Å²) in [7, 11) is 0. The van der Waals surface area contributed by atoms with Crippen LogP contribution in [0.5, 0.6) is 0 Å². The Morgan fingerprint density at radius 1 is 1.38 bits per heavy atom. The summed E-state index contributed by atoms with van der Waals surface area (Å²) in [6.07, 6.45) is 3.76. The molecule has 4 heteroatoms. The van der Waals surface area contributed by atoms with Gasteiger partial charge in [0.15, 0.2) is 11.4 Å². The van der Waals surface area contributed by atoms with Gasteiger partial charge in [0.2, 0.25) is 0 Å². The van der Waals surface area contributed by atoms with Crippen LogP contribution < -0.4 is 0 Å². The van der Waals surface area contributed by atoms with Crippen molar-refractivity contribution in [3.63, 3.8) is 0 Å². The summed E-state index contributed by atoms with van der Waals surface area (Å²) in [5.41, 5.74) is 2.29. The maximum absolute atomic E-state index is 11.2. The van der Waals surface area contributed by atoms with Gasteiger partial charge < -0.3 is 0 Å². The van der Waals surface area contributed by atoms with E-state index in [-0.39, 0.29) is 11.2 Å². The van der Waals surface area contributed by atoms with Crippen molar-refractivity contribution in [3.8, 4) is 0 Å². The number of hydrogen-bond donors (Lipinski definition) is 0. The third kappa shape index (κ3) is 1.83. The van der Waals surface area contributed by atoms with Gasteiger partial charge in [-0.3, -0.25) is 4.79 Å². The Balaban J connectivity index is 2.58. The molecule has 0 radical (unpaired) electrons. The third-order valence-corrected chi connectivity index (χ3v) is 2.54. The van der Waals surface area contributed by atoms with Crippen molar-refractivity contribution in [3.05, 3.63) is 29.7 Å². The maximum Gasteiger partial charge on any atom is 0.180 e. The van der Waals surface area contributed by atoms with Crippen LogP contribution in [-0.4, -0.2) is 20.4 Å². The largest absolute Gasteiger partial charge is 0.293 e. The fourth-order valence-electron chi connectivity index (χ4n) is 1.44. The van der Waals surface area contributed by atoms with Crippen LogP contribution >= 0.6 is 0 Å². The van der Waals surface area contributed by atoms with Gasteiger partial charge in [0, 0.05) is 25.4 Å². The number of rotatable bonds is 1. The second kappa shape index (κ2) is 3.40. The van der Waals surface area contributed by atoms with Crippen LogP contribution in [0.15, 0.2) is 18.5 Å². The molecule has 4 nitrogen and oxygen atoms in total. The van der Waals surface area contributed by atoms with Crippen LogP contribution in [0.4, 0.5) is 0 Å². The van der Waals surface area contributed by atoms with E-state index >= 15 is 0 Å². The molecule has 0 amide bonds. The number of carbonyl (C=O) groups excluding carboxylic acids is 1. The van der Waals surface area contributed by atoms with Gasteiger partial charge in [-0.15, -0.1) is 0 Å². The predicted octanol–water partition coefficient (Wildman–Crippen LogP) is 2.23. The van der Waals surface area contributed by atoms with Gasteiger partial charge in [-0.2, -0.15) is 5.10 Å². The summed E-state index contributed by atoms with van der Waals surface area (Å²) in [6, 6.07) is 1.70. The zero-order valence-electron chi connectivity index (χ0n) is 9.98. The van der Waals surface area contributed by atoms with Crippen molar-refractivity contribution < 1.29 is 4.79 Å². The Hall–Kier alpha value is -1.71. The molecule has 0 saturated carbocycles. The highest BCUT2D eigenvalue weighted by Gasteiger charge is 2.15. The SMILES string of the molecule is CC(=O)c1cc2ncc(C(C)(C)C)cn2n1. The fraction of sp³-hybridized carbons (Fsp3) is 0.417. The van der Waals surface area contributed by atoms with Crippen LogP contribution in [0, 0.1) is 0 Å². The zero-order valence-corrected chi connectivity index (χ0v) is 9.98. The lowest BCUT2D eigenvalue weighted by atomic mass is 9.89. The molecule has 16 heavy (non-hydrogen) atoms. The zero-order chi connectivity index (χ0) is 11.9. The van der Waals surface area contributed by atoms with Crippen LogP contribution in [0.25, 0.3) is 5.65 Å². The Labute approximate surface area is 94.3 Å². The van der Waals surface area contributed by atoms with Gasteiger partial charge in [-0.05, 0) is 11.0 Å². The molecular weight excluding hydrogens is 202 g/mol. The second-order valence-electron chi connectivity index (χ2n) is 4.98. The first-order valence-corrected chi connectivity index (χ1v) is 5.25. The summed E-state index contributed by atoms with van der Waals surface area (Å²) in [4.78, 5) is 15.5. The van der Waals surface area contributed by atoms with Crippen molar-refractivity contribution in [1.29, 1.82) is 0 Å². The van der Waals surface area contributed by atoms with Crippen LogP contribution in [-0.2, 0) is 5.41 Å². The monoisotopic (exact) mass is 217 g/mol. The first kappa shape index (κ1) is 10.8. The summed E-state index contributed by atoms with van der Waals surface area (Å²) < 4.78 is 1.66. The fourth-order valence-corrected chi connectivity index (χ4v) is 1.44. The number of aromatic nitrogens is 3. The molecule has 0 atom stereocenters. The minimum atomic E-state index is -0.0391. The van der Waals surface area contributed by atoms with E-state index in [1.165, 1.54) is 6.92 Å². The lowest BCUT2D eigenvalue weighted by Crippen LogP contribution is -2.12. The summed E-state index contributed by atoms with van der Waals surface area (Å²) in [5.74, 6) is -0.0391. The molecule has 0 bridgehead atoms. The Morgan fingerprint density at radius 3 is 2.62 bits per heavy atom. The molecule has 84 valence electrons. The van der Waals surface area contributed by atoms with Gasteiger partial charge in [-0.1, -0.05) is 20.8 Å². The molecule has 0 aliphatic carbocycles. The van der Waals surface area contributed by atoms with E-state index in [0.29, 0.717) is 11.3 Å². The van der Waals surface area contributed by atoms with E-state index in [2.05, 4.69) is 30.9 Å². The lowest BCUT2D eigenvalue weighted by Gasteiger charge is -2.17. The smallest absolute Gasteiger partial charge is 0.180 e. The summed E-state index contributed by atoms with van der Waals surface area (Å²) >= 11 is 0. The molecule has 0 aromatic carbocycles. The molecule has 2 heterocycles. The van der Waals surface area contributed by atoms with Gasteiger partial charge in [0.25, 0.3) is 0 Å². The lowest BCUT2D eigenvalue weighted by molar-refractivity contribution is 0.101. The van der Waals surface area contributed by atoms with E-state index in [1.54, 1.807) is 10.6 Å².